The summed E-state index contributed by atoms with van der Waals surface area (Å²) >= 11 is 0. The van der Waals surface area contributed by atoms with Crippen molar-refractivity contribution >= 4 is 15.9 Å². The molecule has 1 fully saturated rings. The molecule has 0 bridgehead atoms. The fourth-order valence-electron chi connectivity index (χ4n) is 4.35. The van der Waals surface area contributed by atoms with Crippen LogP contribution in [0.1, 0.15) is 66.6 Å². The lowest BCUT2D eigenvalue weighted by atomic mass is 9.96. The van der Waals surface area contributed by atoms with Crippen molar-refractivity contribution in [1.82, 2.24) is 15.4 Å². The summed E-state index contributed by atoms with van der Waals surface area (Å²) in [6.07, 6.45) is 4.40. The molecule has 3 rings (SSSR count). The monoisotopic (exact) mass is 473 g/mol. The Hall–Kier alpha value is -2.42. The first-order chi connectivity index (χ1) is 15.7. The second-order valence-electron chi connectivity index (χ2n) is 8.65. The van der Waals surface area contributed by atoms with Gasteiger partial charge in [-0.05, 0) is 74.4 Å². The van der Waals surface area contributed by atoms with Gasteiger partial charge in [0.05, 0.1) is 12.9 Å². The van der Waals surface area contributed by atoms with Gasteiger partial charge in [0.25, 0.3) is 5.91 Å². The van der Waals surface area contributed by atoms with E-state index in [1.54, 1.807) is 0 Å². The van der Waals surface area contributed by atoms with E-state index in [1.165, 1.54) is 11.1 Å². The summed E-state index contributed by atoms with van der Waals surface area (Å²) in [4.78, 5) is 12.3. The summed E-state index contributed by atoms with van der Waals surface area (Å²) < 4.78 is 30.1. The lowest BCUT2D eigenvalue weighted by molar-refractivity contribution is 0.0954. The van der Waals surface area contributed by atoms with E-state index in [-0.39, 0.29) is 25.0 Å². The van der Waals surface area contributed by atoms with Gasteiger partial charge in [-0.25, -0.2) is 13.1 Å². The van der Waals surface area contributed by atoms with Gasteiger partial charge < -0.3 is 15.4 Å². The highest BCUT2D eigenvalue weighted by Crippen LogP contribution is 2.35. The average molecular weight is 474 g/mol. The number of carbonyl (C=O) groups is 1. The third-order valence-electron chi connectivity index (χ3n) is 6.01. The number of nitrogens with one attached hydrogen (secondary N) is 3. The number of ether oxygens (including phenoxy) is 1. The van der Waals surface area contributed by atoms with Crippen molar-refractivity contribution in [2.45, 2.75) is 51.1 Å². The second kappa shape index (κ2) is 11.6. The number of benzene rings is 2. The highest BCUT2D eigenvalue weighted by atomic mass is 32.2. The predicted molar refractivity (Wildman–Crippen MR) is 131 cm³/mol. The minimum atomic E-state index is -3.25. The van der Waals surface area contributed by atoms with Crippen LogP contribution in [0.15, 0.2) is 48.5 Å². The van der Waals surface area contributed by atoms with Crippen LogP contribution in [0.2, 0.25) is 0 Å². The third-order valence-corrected chi connectivity index (χ3v) is 6.74. The standard InChI is InChI=1S/C25H35N3O4S/c1-4-32-24-7-5-6-21(17-24)18(2)28-23-13-12-22(16-23)19-8-10-20(11-9-19)25(29)26-14-15-27-33(3,30)31/h5-11,17-18,22-23,27-28H,4,12-16H2,1-3H3,(H,26,29)/t18-,22+,23?/m1/s1. The Morgan fingerprint density at radius 1 is 1.12 bits per heavy atom. The van der Waals surface area contributed by atoms with Crippen LogP contribution in [-0.2, 0) is 10.0 Å². The molecular formula is C25H35N3O4S. The molecule has 3 N–H and O–H groups in total. The minimum absolute atomic E-state index is 0.174. The zero-order valence-corrected chi connectivity index (χ0v) is 20.5. The first-order valence-corrected chi connectivity index (χ1v) is 13.5. The highest BCUT2D eigenvalue weighted by Gasteiger charge is 2.27. The molecule has 33 heavy (non-hydrogen) atoms. The molecule has 1 aliphatic rings. The van der Waals surface area contributed by atoms with E-state index < -0.39 is 10.0 Å². The van der Waals surface area contributed by atoms with Crippen molar-refractivity contribution in [2.24, 2.45) is 0 Å². The normalized spacial score (nSPS) is 19.2. The van der Waals surface area contributed by atoms with Crippen LogP contribution in [0, 0.1) is 0 Å². The molecule has 1 saturated carbocycles. The van der Waals surface area contributed by atoms with Crippen LogP contribution >= 0.6 is 0 Å². The van der Waals surface area contributed by atoms with E-state index in [0.29, 0.717) is 24.1 Å². The van der Waals surface area contributed by atoms with Crippen LogP contribution in [0.5, 0.6) is 5.75 Å². The first kappa shape index (κ1) is 25.2. The molecule has 0 heterocycles. The minimum Gasteiger partial charge on any atom is -0.494 e. The fraction of sp³-hybridized carbons (Fsp3) is 0.480. The third kappa shape index (κ3) is 7.84. The van der Waals surface area contributed by atoms with E-state index in [2.05, 4.69) is 34.4 Å². The Morgan fingerprint density at radius 2 is 1.88 bits per heavy atom. The number of rotatable bonds is 11. The second-order valence-corrected chi connectivity index (χ2v) is 10.5. The average Bonchev–Trinajstić information content (AvgIpc) is 3.25. The molecule has 8 heteroatoms. The summed E-state index contributed by atoms with van der Waals surface area (Å²) in [6.45, 7) is 5.27. The van der Waals surface area contributed by atoms with Crippen molar-refractivity contribution in [3.05, 3.63) is 65.2 Å². The van der Waals surface area contributed by atoms with Gasteiger partial charge >= 0.3 is 0 Å². The molecule has 0 saturated heterocycles. The van der Waals surface area contributed by atoms with Gasteiger partial charge in [0.15, 0.2) is 0 Å². The van der Waals surface area contributed by atoms with Crippen LogP contribution in [0.25, 0.3) is 0 Å². The highest BCUT2D eigenvalue weighted by molar-refractivity contribution is 7.88. The molecule has 1 unspecified atom stereocenters. The lowest BCUT2D eigenvalue weighted by Gasteiger charge is -2.21. The van der Waals surface area contributed by atoms with E-state index >= 15 is 0 Å². The summed E-state index contributed by atoms with van der Waals surface area (Å²) in [5, 5.41) is 6.50. The fourth-order valence-corrected chi connectivity index (χ4v) is 4.82. The maximum atomic E-state index is 12.3. The largest absolute Gasteiger partial charge is 0.494 e. The SMILES string of the molecule is CCOc1cccc([C@@H](C)NC2CC[C@H](c3ccc(C(=O)NCCNS(C)(=O)=O)cc3)C2)c1. The maximum Gasteiger partial charge on any atom is 0.251 e. The number of hydrogen-bond acceptors (Lipinski definition) is 5. The summed E-state index contributed by atoms with van der Waals surface area (Å²) in [7, 11) is -3.25. The summed E-state index contributed by atoms with van der Waals surface area (Å²) in [6, 6.07) is 16.7. The summed E-state index contributed by atoms with van der Waals surface area (Å²) in [5.41, 5.74) is 3.06. The van der Waals surface area contributed by atoms with Crippen molar-refractivity contribution < 1.29 is 17.9 Å². The van der Waals surface area contributed by atoms with Crippen molar-refractivity contribution in [3.8, 4) is 5.75 Å². The molecule has 3 atom stereocenters. The van der Waals surface area contributed by atoms with Crippen LogP contribution in [0.4, 0.5) is 0 Å². The first-order valence-electron chi connectivity index (χ1n) is 11.6. The zero-order chi connectivity index (χ0) is 23.8. The van der Waals surface area contributed by atoms with Gasteiger partial charge in [0.2, 0.25) is 10.0 Å². The van der Waals surface area contributed by atoms with E-state index in [9.17, 15) is 13.2 Å². The molecule has 0 radical (unpaired) electrons. The number of amides is 1. The molecule has 0 aliphatic heterocycles. The topological polar surface area (TPSA) is 96.5 Å². The number of hydrogen-bond donors (Lipinski definition) is 3. The Morgan fingerprint density at radius 3 is 2.58 bits per heavy atom. The predicted octanol–water partition coefficient (Wildman–Crippen LogP) is 3.35. The van der Waals surface area contributed by atoms with Gasteiger partial charge in [0.1, 0.15) is 5.75 Å². The molecule has 0 spiro atoms. The molecule has 2 aromatic rings. The molecule has 2 aromatic carbocycles. The van der Waals surface area contributed by atoms with Gasteiger partial charge in [-0.2, -0.15) is 0 Å². The van der Waals surface area contributed by atoms with Crippen molar-refractivity contribution in [1.29, 1.82) is 0 Å². The lowest BCUT2D eigenvalue weighted by Crippen LogP contribution is -2.34. The zero-order valence-electron chi connectivity index (χ0n) is 19.6. The molecular weight excluding hydrogens is 438 g/mol. The van der Waals surface area contributed by atoms with Gasteiger partial charge in [-0.15, -0.1) is 0 Å². The quantitative estimate of drug-likeness (QED) is 0.435. The van der Waals surface area contributed by atoms with Crippen LogP contribution in [0.3, 0.4) is 0 Å². The van der Waals surface area contributed by atoms with Crippen LogP contribution in [-0.4, -0.2) is 46.3 Å². The molecule has 0 aromatic heterocycles. The van der Waals surface area contributed by atoms with E-state index in [1.807, 2.05) is 43.3 Å². The van der Waals surface area contributed by atoms with E-state index in [0.717, 1.165) is 31.3 Å². The summed E-state index contributed by atoms with van der Waals surface area (Å²) in [5.74, 6) is 1.18. The van der Waals surface area contributed by atoms with Gasteiger partial charge in [-0.3, -0.25) is 4.79 Å². The Labute approximate surface area is 197 Å². The van der Waals surface area contributed by atoms with Gasteiger partial charge in [-0.1, -0.05) is 24.3 Å². The van der Waals surface area contributed by atoms with Crippen molar-refractivity contribution in [3.63, 3.8) is 0 Å². The Balaban J connectivity index is 1.48. The number of sulfonamides is 1. The molecule has 180 valence electrons. The van der Waals surface area contributed by atoms with Crippen molar-refractivity contribution in [2.75, 3.05) is 26.0 Å². The maximum absolute atomic E-state index is 12.3. The smallest absolute Gasteiger partial charge is 0.251 e. The molecule has 1 amide bonds. The Bertz CT molecular complexity index is 1020. The molecule has 7 nitrogen and oxygen atoms in total. The number of carbonyl (C=O) groups excluding carboxylic acids is 1. The molecule has 1 aliphatic carbocycles. The van der Waals surface area contributed by atoms with E-state index in [4.69, 9.17) is 4.74 Å². The van der Waals surface area contributed by atoms with Crippen LogP contribution < -0.4 is 20.1 Å². The van der Waals surface area contributed by atoms with Gasteiger partial charge in [0, 0.05) is 30.7 Å². The Kier molecular flexibility index (Phi) is 8.88.